The molecule has 3 aromatic rings. The van der Waals surface area contributed by atoms with Crippen LogP contribution in [-0.4, -0.2) is 89.3 Å². The molecule has 10 heteroatoms. The fourth-order valence-corrected chi connectivity index (χ4v) is 6.69. The minimum absolute atomic E-state index is 0.725. The van der Waals surface area contributed by atoms with Gasteiger partial charge < -0.3 is 24.8 Å². The van der Waals surface area contributed by atoms with E-state index in [1.165, 1.54) is 52.0 Å². The van der Waals surface area contributed by atoms with Crippen molar-refractivity contribution in [3.8, 4) is 5.88 Å². The fourth-order valence-electron chi connectivity index (χ4n) is 5.24. The molecule has 0 radical (unpaired) electrons. The van der Waals surface area contributed by atoms with Crippen LogP contribution >= 0.6 is 23.1 Å². The van der Waals surface area contributed by atoms with Gasteiger partial charge in [-0.15, -0.1) is 15.7 Å². The number of unbranched alkanes of at least 4 members (excludes halogenated alkanes) is 3. The van der Waals surface area contributed by atoms with Crippen molar-refractivity contribution >= 4 is 50.8 Å². The maximum atomic E-state index is 5.79. The number of nitrogens with zero attached hydrogens (tertiary/aromatic N) is 6. The van der Waals surface area contributed by atoms with Crippen LogP contribution in [0.3, 0.4) is 0 Å². The maximum Gasteiger partial charge on any atom is 0.253 e. The number of piperazine rings is 1. The summed E-state index contributed by atoms with van der Waals surface area (Å²) in [7, 11) is 4.32. The van der Waals surface area contributed by atoms with Crippen LogP contribution in [0.25, 0.3) is 5.57 Å². The average molecular weight is 594 g/mol. The molecule has 1 saturated heterocycles. The number of hydrogen-bond acceptors (Lipinski definition) is 10. The number of likely N-dealkylation sites (N-methyl/N-ethyl adjacent to an activating group) is 2. The number of benzene rings is 1. The van der Waals surface area contributed by atoms with E-state index in [0.29, 0.717) is 0 Å². The van der Waals surface area contributed by atoms with Crippen LogP contribution in [0.1, 0.15) is 55.2 Å². The van der Waals surface area contributed by atoms with Gasteiger partial charge in [0.1, 0.15) is 16.5 Å². The number of para-hydroxylation sites is 2. The number of aliphatic imine (C=N–C) groups is 1. The molecule has 0 bridgehead atoms. The Morgan fingerprint density at radius 3 is 2.61 bits per heavy atom. The van der Waals surface area contributed by atoms with E-state index in [4.69, 9.17) is 9.73 Å². The number of thiophene rings is 1. The molecule has 3 aliphatic heterocycles. The van der Waals surface area contributed by atoms with Crippen molar-refractivity contribution in [2.75, 3.05) is 65.3 Å². The second-order valence-corrected chi connectivity index (χ2v) is 12.8. The summed E-state index contributed by atoms with van der Waals surface area (Å²) in [4.78, 5) is 13.4. The van der Waals surface area contributed by atoms with Crippen LogP contribution < -0.4 is 10.1 Å². The van der Waals surface area contributed by atoms with E-state index in [1.54, 1.807) is 11.3 Å². The Labute approximate surface area is 253 Å². The quantitative estimate of drug-likeness (QED) is 0.308. The van der Waals surface area contributed by atoms with Crippen LogP contribution in [0.2, 0.25) is 0 Å². The summed E-state index contributed by atoms with van der Waals surface area (Å²) in [6.45, 7) is 11.4. The monoisotopic (exact) mass is 593 g/mol. The molecule has 0 aliphatic carbocycles. The van der Waals surface area contributed by atoms with Gasteiger partial charge in [0.15, 0.2) is 0 Å². The van der Waals surface area contributed by atoms with Gasteiger partial charge in [0, 0.05) is 44.1 Å². The molecule has 6 rings (SSSR count). The zero-order valence-corrected chi connectivity index (χ0v) is 26.5. The summed E-state index contributed by atoms with van der Waals surface area (Å²) < 4.78 is 14.5. The van der Waals surface area contributed by atoms with Crippen molar-refractivity contribution in [2.24, 2.45) is 4.99 Å². The molecule has 1 N–H and O–H groups in total. The minimum atomic E-state index is 0.725. The average Bonchev–Trinajstić information content (AvgIpc) is 3.56. The fraction of sp³-hybridized carbons (Fsp3) is 0.516. The van der Waals surface area contributed by atoms with E-state index in [1.807, 2.05) is 0 Å². The SMILES string of the molecule is CCCCCCOc1nsnc1C1=CCCN(C)C1.Cc1cc2c(s1)Nc1ccccc1N=C2N1CCN(C)CC1. The predicted molar refractivity (Wildman–Crippen MR) is 174 cm³/mol. The predicted octanol–water partition coefficient (Wildman–Crippen LogP) is 6.66. The van der Waals surface area contributed by atoms with Crippen molar-refractivity contribution in [3.63, 3.8) is 0 Å². The van der Waals surface area contributed by atoms with Gasteiger partial charge in [0.2, 0.25) is 0 Å². The number of hydrogen-bond donors (Lipinski definition) is 1. The summed E-state index contributed by atoms with van der Waals surface area (Å²) in [6.07, 6.45) is 8.21. The lowest BCUT2D eigenvalue weighted by Gasteiger charge is -2.34. The van der Waals surface area contributed by atoms with Crippen molar-refractivity contribution in [1.29, 1.82) is 0 Å². The molecular formula is C31H43N7OS2. The molecule has 2 aromatic heterocycles. The van der Waals surface area contributed by atoms with Gasteiger partial charge in [-0.2, -0.15) is 4.37 Å². The van der Waals surface area contributed by atoms with Gasteiger partial charge in [-0.05, 0) is 57.6 Å². The first kappa shape index (κ1) is 29.7. The number of ether oxygens (including phenoxy) is 1. The molecule has 41 heavy (non-hydrogen) atoms. The Hall–Kier alpha value is -2.79. The third-order valence-electron chi connectivity index (χ3n) is 7.62. The number of aryl methyl sites for hydroxylation is 1. The van der Waals surface area contributed by atoms with Crippen LogP contribution in [-0.2, 0) is 0 Å². The number of aromatic nitrogens is 2. The first-order valence-electron chi connectivity index (χ1n) is 14.8. The second kappa shape index (κ2) is 14.4. The van der Waals surface area contributed by atoms with Gasteiger partial charge >= 0.3 is 0 Å². The zero-order valence-electron chi connectivity index (χ0n) is 24.9. The highest BCUT2D eigenvalue weighted by atomic mass is 32.1. The van der Waals surface area contributed by atoms with Crippen LogP contribution in [0.4, 0.5) is 16.4 Å². The van der Waals surface area contributed by atoms with Gasteiger partial charge in [-0.1, -0.05) is 44.4 Å². The number of nitrogens with one attached hydrogen (secondary N) is 1. The molecule has 8 nitrogen and oxygen atoms in total. The van der Waals surface area contributed by atoms with E-state index in [2.05, 4.69) is 93.1 Å². The summed E-state index contributed by atoms with van der Waals surface area (Å²) in [5, 5.41) is 4.78. The van der Waals surface area contributed by atoms with Crippen molar-refractivity contribution in [1.82, 2.24) is 23.4 Å². The van der Waals surface area contributed by atoms with Gasteiger partial charge in [-0.3, -0.25) is 0 Å². The normalized spacial score (nSPS) is 17.3. The van der Waals surface area contributed by atoms with Crippen molar-refractivity contribution < 1.29 is 4.74 Å². The minimum Gasteiger partial charge on any atom is -0.475 e. The molecule has 1 fully saturated rings. The van der Waals surface area contributed by atoms with E-state index in [0.717, 1.165) is 87.5 Å². The standard InChI is InChI=1S/C17H20N4S.C14H23N3OS/c1-12-11-13-16(21-9-7-20(2)8-10-21)18-14-5-3-4-6-15(14)19-17(13)22-12;1-3-4-5-6-10-18-14-13(15-19-16-14)12-8-7-9-17(2)11-12/h3-6,11,19H,7-10H2,1-2H3;8H,3-7,9-11H2,1-2H3. The molecule has 3 aliphatic rings. The summed E-state index contributed by atoms with van der Waals surface area (Å²) in [5.74, 6) is 1.84. The third-order valence-corrected chi connectivity index (χ3v) is 9.10. The Morgan fingerprint density at radius 2 is 1.80 bits per heavy atom. The first-order chi connectivity index (χ1) is 20.0. The zero-order chi connectivity index (χ0) is 28.6. The Morgan fingerprint density at radius 1 is 0.976 bits per heavy atom. The highest BCUT2D eigenvalue weighted by Gasteiger charge is 2.25. The van der Waals surface area contributed by atoms with Gasteiger partial charge in [0.05, 0.1) is 35.3 Å². The largest absolute Gasteiger partial charge is 0.475 e. The molecule has 5 heterocycles. The number of fused-ring (bicyclic) bond motifs is 2. The van der Waals surface area contributed by atoms with E-state index in [-0.39, 0.29) is 0 Å². The summed E-state index contributed by atoms with van der Waals surface area (Å²) in [6, 6.07) is 10.6. The molecule has 0 spiro atoms. The van der Waals surface area contributed by atoms with Gasteiger partial charge in [0.25, 0.3) is 5.88 Å². The third kappa shape index (κ3) is 7.74. The number of amidine groups is 1. The maximum absolute atomic E-state index is 5.79. The molecule has 0 saturated carbocycles. The summed E-state index contributed by atoms with van der Waals surface area (Å²) >= 11 is 3.05. The van der Waals surface area contributed by atoms with Gasteiger partial charge in [-0.25, -0.2) is 4.99 Å². The Kier molecular flexibility index (Phi) is 10.4. The van der Waals surface area contributed by atoms with E-state index < -0.39 is 0 Å². The lowest BCUT2D eigenvalue weighted by atomic mass is 10.1. The van der Waals surface area contributed by atoms with Crippen LogP contribution in [0, 0.1) is 6.92 Å². The molecule has 0 atom stereocenters. The molecule has 0 amide bonds. The van der Waals surface area contributed by atoms with E-state index in [9.17, 15) is 0 Å². The van der Waals surface area contributed by atoms with Crippen LogP contribution in [0.5, 0.6) is 5.88 Å². The summed E-state index contributed by atoms with van der Waals surface area (Å²) in [5.41, 5.74) is 5.56. The number of rotatable bonds is 7. The Bertz CT molecular complexity index is 1340. The lowest BCUT2D eigenvalue weighted by molar-refractivity contribution is 0.216. The van der Waals surface area contributed by atoms with Crippen molar-refractivity contribution in [2.45, 2.75) is 46.0 Å². The second-order valence-electron chi connectivity index (χ2n) is 11.1. The lowest BCUT2D eigenvalue weighted by Crippen LogP contribution is -2.47. The Balaban J connectivity index is 0.000000167. The van der Waals surface area contributed by atoms with E-state index >= 15 is 0 Å². The topological polar surface area (TPSA) is 69.1 Å². The first-order valence-corrected chi connectivity index (χ1v) is 16.4. The molecule has 1 aromatic carbocycles. The number of anilines is 2. The molecular weight excluding hydrogens is 551 g/mol. The van der Waals surface area contributed by atoms with Crippen molar-refractivity contribution in [3.05, 3.63) is 52.5 Å². The smallest absolute Gasteiger partial charge is 0.253 e. The molecule has 0 unspecified atom stereocenters. The van der Waals surface area contributed by atoms with Crippen LogP contribution in [0.15, 0.2) is 41.4 Å². The highest BCUT2D eigenvalue weighted by molar-refractivity contribution is 7.16. The molecule has 220 valence electrons. The highest BCUT2D eigenvalue weighted by Crippen LogP contribution is 2.39.